The van der Waals surface area contributed by atoms with Crippen LogP contribution in [0.15, 0.2) is 16.9 Å². The molecule has 1 heterocycles. The van der Waals surface area contributed by atoms with E-state index in [4.69, 9.17) is 9.94 Å². The Morgan fingerprint density at radius 2 is 2.58 bits per heavy atom. The summed E-state index contributed by atoms with van der Waals surface area (Å²) in [5.41, 5.74) is 3.32. The molecule has 12 heavy (non-hydrogen) atoms. The van der Waals surface area contributed by atoms with Crippen LogP contribution < -0.4 is 10.8 Å². The minimum atomic E-state index is -0.228. The highest BCUT2D eigenvalue weighted by molar-refractivity contribution is 5.82. The Balaban J connectivity index is 2.51. The molecule has 1 unspecified atom stereocenters. The molecule has 3 N–H and O–H groups in total. The van der Waals surface area contributed by atoms with Crippen LogP contribution in [0.5, 0.6) is 0 Å². The Bertz CT molecular complexity index is 213. The molecule has 1 aliphatic heterocycles. The van der Waals surface area contributed by atoms with Gasteiger partial charge >= 0.3 is 0 Å². The minimum absolute atomic E-state index is 0.0362. The summed E-state index contributed by atoms with van der Waals surface area (Å²) in [7, 11) is 0. The quantitative estimate of drug-likeness (QED) is 0.394. The van der Waals surface area contributed by atoms with Crippen molar-refractivity contribution in [2.45, 2.75) is 19.9 Å². The summed E-state index contributed by atoms with van der Waals surface area (Å²) >= 11 is 0. The van der Waals surface area contributed by atoms with Gasteiger partial charge in [0.1, 0.15) is 12.8 Å². The van der Waals surface area contributed by atoms with Gasteiger partial charge in [0, 0.05) is 11.9 Å². The van der Waals surface area contributed by atoms with Gasteiger partial charge in [0.15, 0.2) is 0 Å². The van der Waals surface area contributed by atoms with Crippen LogP contribution in [0.4, 0.5) is 0 Å². The molecule has 0 amide bonds. The average Bonchev–Trinajstić information content (AvgIpc) is 2.03. The van der Waals surface area contributed by atoms with Gasteiger partial charge in [0.05, 0.1) is 0 Å². The van der Waals surface area contributed by atoms with E-state index in [1.54, 1.807) is 6.20 Å². The molecule has 0 aromatic rings. The number of aliphatic hydroxyl groups is 1. The molecule has 68 valence electrons. The van der Waals surface area contributed by atoms with Gasteiger partial charge in [-0.25, -0.2) is 4.99 Å². The van der Waals surface area contributed by atoms with Gasteiger partial charge in [-0.3, -0.25) is 0 Å². The van der Waals surface area contributed by atoms with E-state index in [-0.39, 0.29) is 12.8 Å². The number of aliphatic imine (C=N–C) groups is 1. The Hall–Kier alpha value is -1.07. The van der Waals surface area contributed by atoms with Crippen molar-refractivity contribution in [2.24, 2.45) is 4.99 Å². The van der Waals surface area contributed by atoms with Crippen molar-refractivity contribution in [3.8, 4) is 0 Å². The van der Waals surface area contributed by atoms with E-state index < -0.39 is 0 Å². The van der Waals surface area contributed by atoms with Crippen molar-refractivity contribution >= 4 is 5.90 Å². The van der Waals surface area contributed by atoms with Crippen LogP contribution in [0.3, 0.4) is 0 Å². The van der Waals surface area contributed by atoms with E-state index in [1.807, 2.05) is 13.8 Å². The normalized spacial score (nSPS) is 22.4. The summed E-state index contributed by atoms with van der Waals surface area (Å²) in [6.07, 6.45) is 1.67. The highest BCUT2D eigenvalue weighted by atomic mass is 16.7. The third kappa shape index (κ3) is 2.21. The first-order valence-electron chi connectivity index (χ1n) is 3.75. The molecule has 0 spiro atoms. The molecule has 1 aliphatic rings. The number of hydroxylamine groups is 1. The van der Waals surface area contributed by atoms with Crippen molar-refractivity contribution in [2.75, 3.05) is 6.73 Å². The van der Waals surface area contributed by atoms with Crippen LogP contribution in [-0.2, 0) is 4.84 Å². The van der Waals surface area contributed by atoms with E-state index >= 15 is 0 Å². The average molecular weight is 171 g/mol. The maximum absolute atomic E-state index is 8.41. The highest BCUT2D eigenvalue weighted by Crippen LogP contribution is 2.02. The van der Waals surface area contributed by atoms with Crippen LogP contribution in [0.1, 0.15) is 13.8 Å². The number of nitrogens with zero attached hydrogens (tertiary/aromatic N) is 1. The molecular weight excluding hydrogens is 158 g/mol. The number of nitrogens with one attached hydrogen (secondary N) is 2. The van der Waals surface area contributed by atoms with Gasteiger partial charge in [-0.15, -0.1) is 5.48 Å². The van der Waals surface area contributed by atoms with Crippen molar-refractivity contribution < 1.29 is 9.94 Å². The molecule has 5 heteroatoms. The van der Waals surface area contributed by atoms with E-state index in [0.717, 1.165) is 5.70 Å². The first-order valence-corrected chi connectivity index (χ1v) is 3.75. The maximum atomic E-state index is 8.41. The molecule has 0 aliphatic carbocycles. The lowest BCUT2D eigenvalue weighted by atomic mass is 10.3. The van der Waals surface area contributed by atoms with Gasteiger partial charge in [-0.1, -0.05) is 0 Å². The second-order valence-electron chi connectivity index (χ2n) is 2.55. The number of allylic oxidation sites excluding steroid dienone is 1. The van der Waals surface area contributed by atoms with Crippen LogP contribution >= 0.6 is 0 Å². The summed E-state index contributed by atoms with van der Waals surface area (Å²) in [5, 5.41) is 11.5. The Labute approximate surface area is 71.1 Å². The lowest BCUT2D eigenvalue weighted by Crippen LogP contribution is -2.39. The van der Waals surface area contributed by atoms with E-state index in [9.17, 15) is 0 Å². The van der Waals surface area contributed by atoms with Gasteiger partial charge in [0.2, 0.25) is 5.90 Å². The van der Waals surface area contributed by atoms with Crippen molar-refractivity contribution in [1.29, 1.82) is 0 Å². The van der Waals surface area contributed by atoms with Gasteiger partial charge in [-0.05, 0) is 13.8 Å². The van der Waals surface area contributed by atoms with Crippen molar-refractivity contribution in [1.82, 2.24) is 10.8 Å². The van der Waals surface area contributed by atoms with E-state index in [0.29, 0.717) is 5.90 Å². The molecule has 0 aromatic heterocycles. The molecule has 1 rings (SSSR count). The lowest BCUT2D eigenvalue weighted by Gasteiger charge is -2.20. The molecule has 0 saturated heterocycles. The molecule has 0 fully saturated rings. The Morgan fingerprint density at radius 3 is 3.17 bits per heavy atom. The van der Waals surface area contributed by atoms with Crippen LogP contribution in [0.2, 0.25) is 0 Å². The number of rotatable bonds is 2. The fraction of sp³-hybridized carbons (Fsp3) is 0.571. The molecule has 0 radical (unpaired) electrons. The maximum Gasteiger partial charge on any atom is 0.236 e. The standard InChI is InChI=1S/C7H13N3O2/c1-5-3-8-7(6(2)10-5)12-9-4-11/h3,6,9-11H,4H2,1-2H3. The molecular formula is C7H13N3O2. The lowest BCUT2D eigenvalue weighted by molar-refractivity contribution is 0.0855. The predicted molar refractivity (Wildman–Crippen MR) is 45.1 cm³/mol. The first-order chi connectivity index (χ1) is 5.74. The molecule has 0 bridgehead atoms. The second-order valence-corrected chi connectivity index (χ2v) is 2.55. The predicted octanol–water partition coefficient (Wildman–Crippen LogP) is -0.291. The monoisotopic (exact) mass is 171 g/mol. The smallest absolute Gasteiger partial charge is 0.236 e. The van der Waals surface area contributed by atoms with Gasteiger partial charge in [0.25, 0.3) is 0 Å². The van der Waals surface area contributed by atoms with E-state index in [1.165, 1.54) is 0 Å². The molecule has 0 aromatic carbocycles. The molecule has 5 nitrogen and oxygen atoms in total. The largest absolute Gasteiger partial charge is 0.389 e. The Morgan fingerprint density at radius 1 is 1.83 bits per heavy atom. The summed E-state index contributed by atoms with van der Waals surface area (Å²) in [5.74, 6) is 0.523. The third-order valence-electron chi connectivity index (χ3n) is 1.44. The molecule has 1 atom stereocenters. The zero-order chi connectivity index (χ0) is 8.97. The Kier molecular flexibility index (Phi) is 3.07. The minimum Gasteiger partial charge on any atom is -0.389 e. The zero-order valence-electron chi connectivity index (χ0n) is 7.16. The van der Waals surface area contributed by atoms with Gasteiger partial charge < -0.3 is 15.3 Å². The van der Waals surface area contributed by atoms with Crippen molar-refractivity contribution in [3.05, 3.63) is 11.9 Å². The number of hydrogen-bond donors (Lipinski definition) is 3. The number of aliphatic hydroxyl groups excluding tert-OH is 1. The fourth-order valence-corrected chi connectivity index (χ4v) is 0.934. The summed E-state index contributed by atoms with van der Waals surface area (Å²) < 4.78 is 0. The zero-order valence-corrected chi connectivity index (χ0v) is 7.16. The second kappa shape index (κ2) is 4.08. The van der Waals surface area contributed by atoms with Crippen LogP contribution in [0.25, 0.3) is 0 Å². The summed E-state index contributed by atoms with van der Waals surface area (Å²) in [6, 6.07) is 0.0362. The first kappa shape index (κ1) is 9.02. The van der Waals surface area contributed by atoms with Crippen molar-refractivity contribution in [3.63, 3.8) is 0 Å². The molecule has 0 saturated carbocycles. The van der Waals surface area contributed by atoms with E-state index in [2.05, 4.69) is 15.8 Å². The fourth-order valence-electron chi connectivity index (χ4n) is 0.934. The van der Waals surface area contributed by atoms with Crippen LogP contribution in [0, 0.1) is 0 Å². The van der Waals surface area contributed by atoms with Gasteiger partial charge in [-0.2, -0.15) is 0 Å². The SMILES string of the molecule is CC1=CN=C(ONCO)C(C)N1. The number of hydrogen-bond acceptors (Lipinski definition) is 5. The highest BCUT2D eigenvalue weighted by Gasteiger charge is 2.14. The topological polar surface area (TPSA) is 65.9 Å². The third-order valence-corrected chi connectivity index (χ3v) is 1.44. The summed E-state index contributed by atoms with van der Waals surface area (Å²) in [4.78, 5) is 8.96. The summed E-state index contributed by atoms with van der Waals surface area (Å²) in [6.45, 7) is 3.62. The van der Waals surface area contributed by atoms with Crippen LogP contribution in [-0.4, -0.2) is 23.8 Å².